The number of amides is 1. The highest BCUT2D eigenvalue weighted by Gasteiger charge is 2.07. The first-order valence-electron chi connectivity index (χ1n) is 6.96. The Hall–Kier alpha value is -2.96. The van der Waals surface area contributed by atoms with Gasteiger partial charge in [-0.25, -0.2) is 4.39 Å². The lowest BCUT2D eigenvalue weighted by molar-refractivity contribution is -0.384. The molecule has 23 heavy (non-hydrogen) atoms. The number of hydrogen-bond acceptors (Lipinski definition) is 4. The number of non-ortho nitro benzene ring substituents is 1. The van der Waals surface area contributed by atoms with E-state index in [0.717, 1.165) is 5.56 Å². The number of rotatable bonds is 6. The van der Waals surface area contributed by atoms with Crippen LogP contribution < -0.4 is 10.6 Å². The van der Waals surface area contributed by atoms with Crippen LogP contribution in [0.2, 0.25) is 0 Å². The zero-order valence-electron chi connectivity index (χ0n) is 12.5. The lowest BCUT2D eigenvalue weighted by Crippen LogP contribution is -2.29. The zero-order chi connectivity index (χ0) is 16.8. The molecule has 0 aromatic heterocycles. The Bertz CT molecular complexity index is 734. The van der Waals surface area contributed by atoms with Crippen molar-refractivity contribution in [2.24, 2.45) is 0 Å². The van der Waals surface area contributed by atoms with Gasteiger partial charge < -0.3 is 10.6 Å². The third-order valence-electron chi connectivity index (χ3n) is 3.22. The van der Waals surface area contributed by atoms with Gasteiger partial charge in [-0.1, -0.05) is 18.2 Å². The third kappa shape index (κ3) is 4.77. The molecule has 0 aliphatic rings. The van der Waals surface area contributed by atoms with Gasteiger partial charge in [0.1, 0.15) is 5.82 Å². The lowest BCUT2D eigenvalue weighted by atomic mass is 10.1. The van der Waals surface area contributed by atoms with E-state index in [1.54, 1.807) is 31.2 Å². The summed E-state index contributed by atoms with van der Waals surface area (Å²) in [5.74, 6) is -0.550. The van der Waals surface area contributed by atoms with Gasteiger partial charge in [-0.3, -0.25) is 14.9 Å². The number of nitro groups is 1. The van der Waals surface area contributed by atoms with E-state index in [9.17, 15) is 19.3 Å². The molecule has 1 amide bonds. The van der Waals surface area contributed by atoms with E-state index in [1.165, 1.54) is 18.2 Å². The van der Waals surface area contributed by atoms with E-state index < -0.39 is 4.92 Å². The Labute approximate surface area is 132 Å². The average molecular weight is 317 g/mol. The molecular formula is C16H16FN3O3. The topological polar surface area (TPSA) is 84.3 Å². The molecule has 2 aromatic carbocycles. The molecule has 2 rings (SSSR count). The number of anilines is 1. The second kappa shape index (κ2) is 7.35. The Kier molecular flexibility index (Phi) is 5.24. The first-order valence-corrected chi connectivity index (χ1v) is 6.96. The molecule has 0 aliphatic carbocycles. The molecule has 0 saturated heterocycles. The fourth-order valence-corrected chi connectivity index (χ4v) is 1.99. The molecule has 0 atom stereocenters. The Morgan fingerprint density at radius 1 is 1.26 bits per heavy atom. The number of hydrogen-bond donors (Lipinski definition) is 2. The lowest BCUT2D eigenvalue weighted by Gasteiger charge is -2.08. The van der Waals surface area contributed by atoms with Crippen molar-refractivity contribution in [3.8, 4) is 0 Å². The maximum absolute atomic E-state index is 13.2. The predicted octanol–water partition coefficient (Wildman–Crippen LogP) is 2.77. The van der Waals surface area contributed by atoms with Crippen LogP contribution in [0.15, 0.2) is 42.5 Å². The van der Waals surface area contributed by atoms with Gasteiger partial charge in [0.15, 0.2) is 0 Å². The molecule has 2 N–H and O–H groups in total. The van der Waals surface area contributed by atoms with Crippen LogP contribution in [0.1, 0.15) is 11.1 Å². The van der Waals surface area contributed by atoms with Gasteiger partial charge in [0.25, 0.3) is 5.69 Å². The number of nitrogens with zero attached hydrogens (tertiary/aromatic N) is 1. The standard InChI is InChI=1S/C16H16FN3O3/c1-11-7-12(5-6-15(11)17)9-19-16(21)10-18-13-3-2-4-14(8-13)20(22)23/h2-8,18H,9-10H2,1H3,(H,19,21). The van der Waals surface area contributed by atoms with Crippen molar-refractivity contribution in [3.63, 3.8) is 0 Å². The fourth-order valence-electron chi connectivity index (χ4n) is 1.99. The first-order chi connectivity index (χ1) is 11.0. The minimum Gasteiger partial charge on any atom is -0.376 e. The van der Waals surface area contributed by atoms with Gasteiger partial charge in [-0.2, -0.15) is 0 Å². The molecule has 0 unspecified atom stereocenters. The maximum atomic E-state index is 13.2. The van der Waals surface area contributed by atoms with Crippen LogP contribution in [0, 0.1) is 22.9 Å². The minimum atomic E-state index is -0.498. The summed E-state index contributed by atoms with van der Waals surface area (Å²) in [5, 5.41) is 16.2. The summed E-state index contributed by atoms with van der Waals surface area (Å²) in [4.78, 5) is 22.0. The second-order valence-corrected chi connectivity index (χ2v) is 5.02. The van der Waals surface area contributed by atoms with E-state index in [-0.39, 0.29) is 30.5 Å². The smallest absolute Gasteiger partial charge is 0.271 e. The van der Waals surface area contributed by atoms with E-state index >= 15 is 0 Å². The van der Waals surface area contributed by atoms with Crippen LogP contribution in [0.25, 0.3) is 0 Å². The number of benzene rings is 2. The van der Waals surface area contributed by atoms with E-state index in [2.05, 4.69) is 10.6 Å². The zero-order valence-corrected chi connectivity index (χ0v) is 12.5. The van der Waals surface area contributed by atoms with Crippen molar-refractivity contribution in [3.05, 3.63) is 69.5 Å². The number of carbonyl (C=O) groups is 1. The molecule has 0 radical (unpaired) electrons. The Morgan fingerprint density at radius 3 is 2.74 bits per heavy atom. The summed E-state index contributed by atoms with van der Waals surface area (Å²) in [6.07, 6.45) is 0. The summed E-state index contributed by atoms with van der Waals surface area (Å²) in [6, 6.07) is 10.6. The second-order valence-electron chi connectivity index (χ2n) is 5.02. The molecule has 0 spiro atoms. The van der Waals surface area contributed by atoms with Crippen LogP contribution >= 0.6 is 0 Å². The van der Waals surface area contributed by atoms with Crippen LogP contribution in [0.4, 0.5) is 15.8 Å². The average Bonchev–Trinajstić information content (AvgIpc) is 2.54. The van der Waals surface area contributed by atoms with Gasteiger partial charge in [-0.05, 0) is 30.2 Å². The number of nitro benzene ring substituents is 1. The maximum Gasteiger partial charge on any atom is 0.271 e. The van der Waals surface area contributed by atoms with Gasteiger partial charge in [0.05, 0.1) is 11.5 Å². The fraction of sp³-hybridized carbons (Fsp3) is 0.188. The van der Waals surface area contributed by atoms with Gasteiger partial charge in [-0.15, -0.1) is 0 Å². The first kappa shape index (κ1) is 16.4. The van der Waals surface area contributed by atoms with Crippen molar-refractivity contribution in [2.45, 2.75) is 13.5 Å². The highest BCUT2D eigenvalue weighted by Crippen LogP contribution is 2.16. The van der Waals surface area contributed by atoms with Crippen molar-refractivity contribution < 1.29 is 14.1 Å². The SMILES string of the molecule is Cc1cc(CNC(=O)CNc2cccc([N+](=O)[O-])c2)ccc1F. The van der Waals surface area contributed by atoms with Gasteiger partial charge >= 0.3 is 0 Å². The van der Waals surface area contributed by atoms with Crippen LogP contribution in [0.5, 0.6) is 0 Å². The highest BCUT2D eigenvalue weighted by molar-refractivity contribution is 5.80. The van der Waals surface area contributed by atoms with Gasteiger partial charge in [0.2, 0.25) is 5.91 Å². The summed E-state index contributed by atoms with van der Waals surface area (Å²) in [5.41, 5.74) is 1.77. The molecule has 0 fully saturated rings. The monoisotopic (exact) mass is 317 g/mol. The molecule has 0 saturated carbocycles. The third-order valence-corrected chi connectivity index (χ3v) is 3.22. The van der Waals surface area contributed by atoms with Crippen molar-refractivity contribution in [1.82, 2.24) is 5.32 Å². The van der Waals surface area contributed by atoms with E-state index in [4.69, 9.17) is 0 Å². The Balaban J connectivity index is 1.84. The quantitative estimate of drug-likeness (QED) is 0.634. The van der Waals surface area contributed by atoms with E-state index in [1.807, 2.05) is 0 Å². The molecule has 6 nitrogen and oxygen atoms in total. The van der Waals surface area contributed by atoms with Gasteiger partial charge in [0, 0.05) is 24.4 Å². The molecule has 0 aliphatic heterocycles. The molecule has 120 valence electrons. The minimum absolute atomic E-state index is 0.0126. The Morgan fingerprint density at radius 2 is 2.04 bits per heavy atom. The molecule has 0 heterocycles. The summed E-state index contributed by atoms with van der Waals surface area (Å²) in [6.45, 7) is 1.93. The molecule has 7 heteroatoms. The summed E-state index contributed by atoms with van der Waals surface area (Å²) in [7, 11) is 0. The molecule has 2 aromatic rings. The molecular weight excluding hydrogens is 301 g/mol. The number of halogens is 1. The largest absolute Gasteiger partial charge is 0.376 e. The van der Waals surface area contributed by atoms with Crippen LogP contribution in [-0.2, 0) is 11.3 Å². The number of carbonyl (C=O) groups excluding carboxylic acids is 1. The van der Waals surface area contributed by atoms with Crippen molar-refractivity contribution in [2.75, 3.05) is 11.9 Å². The van der Waals surface area contributed by atoms with E-state index in [0.29, 0.717) is 11.3 Å². The van der Waals surface area contributed by atoms with Crippen molar-refractivity contribution >= 4 is 17.3 Å². The number of nitrogens with one attached hydrogen (secondary N) is 2. The van der Waals surface area contributed by atoms with Crippen molar-refractivity contribution in [1.29, 1.82) is 0 Å². The van der Waals surface area contributed by atoms with Crippen LogP contribution in [0.3, 0.4) is 0 Å². The highest BCUT2D eigenvalue weighted by atomic mass is 19.1. The summed E-state index contributed by atoms with van der Waals surface area (Å²) < 4.78 is 13.2. The van der Waals surface area contributed by atoms with Crippen LogP contribution in [-0.4, -0.2) is 17.4 Å². The summed E-state index contributed by atoms with van der Waals surface area (Å²) >= 11 is 0. The predicted molar refractivity (Wildman–Crippen MR) is 84.6 cm³/mol. The normalized spacial score (nSPS) is 10.2. The number of aryl methyl sites for hydroxylation is 1. The molecule has 0 bridgehead atoms.